The monoisotopic (exact) mass is 575 g/mol. The third kappa shape index (κ3) is 7.81. The van der Waals surface area contributed by atoms with Crippen LogP contribution in [0.2, 0.25) is 0 Å². The van der Waals surface area contributed by atoms with Gasteiger partial charge < -0.3 is 40.5 Å². The number of rotatable bonds is 12. The van der Waals surface area contributed by atoms with Crippen LogP contribution in [0.3, 0.4) is 0 Å². The predicted octanol–water partition coefficient (Wildman–Crippen LogP) is 1.97. The molecular formula is C27H33N3O9S. The number of ether oxygens (including phenoxy) is 2. The fourth-order valence-electron chi connectivity index (χ4n) is 4.81. The summed E-state index contributed by atoms with van der Waals surface area (Å²) in [6.07, 6.45) is 1.44. The molecule has 0 amide bonds. The molecule has 5 atom stereocenters. The van der Waals surface area contributed by atoms with E-state index in [1.807, 2.05) is 0 Å². The van der Waals surface area contributed by atoms with Gasteiger partial charge in [-0.1, -0.05) is 18.2 Å². The second-order valence-electron chi connectivity index (χ2n) is 9.28. The number of carbonyl (C=O) groups excluding carboxylic acids is 1. The molecule has 13 heteroatoms. The molecule has 0 bridgehead atoms. The van der Waals surface area contributed by atoms with E-state index in [0.29, 0.717) is 16.9 Å². The maximum absolute atomic E-state index is 12.8. The summed E-state index contributed by atoms with van der Waals surface area (Å²) in [4.78, 5) is 23.2. The maximum Gasteiger partial charge on any atom is 0.273 e. The summed E-state index contributed by atoms with van der Waals surface area (Å²) in [5, 5.41) is 56.2. The van der Waals surface area contributed by atoms with Crippen LogP contribution in [-0.2, 0) is 9.53 Å². The summed E-state index contributed by atoms with van der Waals surface area (Å²) in [7, 11) is 1.39. The lowest BCUT2D eigenvalue weighted by Crippen LogP contribution is -2.53. The number of hydrogen-bond donors (Lipinski definition) is 6. The van der Waals surface area contributed by atoms with Crippen LogP contribution in [0.25, 0.3) is 6.08 Å². The quantitative estimate of drug-likeness (QED) is 0.0938. The number of thiocarbonyl (C=S) groups is 1. The zero-order chi connectivity index (χ0) is 29.2. The van der Waals surface area contributed by atoms with Gasteiger partial charge in [-0.15, -0.1) is 0 Å². The Balaban J connectivity index is 1.63. The number of benzene rings is 2. The first-order valence-corrected chi connectivity index (χ1v) is 13.0. The minimum absolute atomic E-state index is 0.0735. The SMILES string of the molecule is COc1cc([N+](=O)[O-])ccc1NC(=S)Nc1cccc(/C=C/C(=O)C[C@@H]2O[C@H](CO)[C@@H](CO)[C@H](CO)[C@H]2CO)c1. The van der Waals surface area contributed by atoms with E-state index in [1.54, 1.807) is 30.3 Å². The second-order valence-corrected chi connectivity index (χ2v) is 9.69. The number of nitrogens with one attached hydrogen (secondary N) is 2. The smallest absolute Gasteiger partial charge is 0.273 e. The van der Waals surface area contributed by atoms with Crippen LogP contribution in [0.1, 0.15) is 12.0 Å². The number of hydrogen-bond acceptors (Lipinski definition) is 10. The van der Waals surface area contributed by atoms with Crippen molar-refractivity contribution in [3.05, 3.63) is 64.2 Å². The number of ketones is 1. The molecule has 1 aliphatic rings. The third-order valence-electron chi connectivity index (χ3n) is 6.87. The molecule has 1 fully saturated rings. The van der Waals surface area contributed by atoms with Gasteiger partial charge in [-0.05, 0) is 48.0 Å². The van der Waals surface area contributed by atoms with Crippen LogP contribution in [0.15, 0.2) is 48.5 Å². The zero-order valence-electron chi connectivity index (χ0n) is 21.8. The highest BCUT2D eigenvalue weighted by molar-refractivity contribution is 7.80. The molecule has 2 aromatic carbocycles. The van der Waals surface area contributed by atoms with Crippen molar-refractivity contribution in [1.29, 1.82) is 0 Å². The Kier molecular flexibility index (Phi) is 11.5. The highest BCUT2D eigenvalue weighted by atomic mass is 32.1. The Labute approximate surface area is 236 Å². The van der Waals surface area contributed by atoms with E-state index in [9.17, 15) is 35.3 Å². The first-order chi connectivity index (χ1) is 19.2. The molecule has 0 aliphatic carbocycles. The molecule has 0 unspecified atom stereocenters. The predicted molar refractivity (Wildman–Crippen MR) is 152 cm³/mol. The number of nitrogens with zero attached hydrogens (tertiary/aromatic N) is 1. The molecule has 0 aromatic heterocycles. The molecule has 1 saturated heterocycles. The average Bonchev–Trinajstić information content (AvgIpc) is 2.95. The number of allylic oxidation sites excluding steroid dienone is 1. The van der Waals surface area contributed by atoms with Gasteiger partial charge in [0.1, 0.15) is 5.75 Å². The Morgan fingerprint density at radius 1 is 1.02 bits per heavy atom. The zero-order valence-corrected chi connectivity index (χ0v) is 22.6. The summed E-state index contributed by atoms with van der Waals surface area (Å²) >= 11 is 5.36. The van der Waals surface area contributed by atoms with E-state index in [4.69, 9.17) is 21.7 Å². The highest BCUT2D eigenvalue weighted by Crippen LogP contribution is 2.36. The van der Waals surface area contributed by atoms with Crippen molar-refractivity contribution in [2.45, 2.75) is 18.6 Å². The van der Waals surface area contributed by atoms with Crippen molar-refractivity contribution in [2.24, 2.45) is 17.8 Å². The second kappa shape index (κ2) is 14.8. The van der Waals surface area contributed by atoms with Crippen LogP contribution in [0.5, 0.6) is 5.75 Å². The largest absolute Gasteiger partial charge is 0.494 e. The normalized spacial score (nSPS) is 22.6. The van der Waals surface area contributed by atoms with Gasteiger partial charge in [0, 0.05) is 49.8 Å². The topological polar surface area (TPSA) is 184 Å². The van der Waals surface area contributed by atoms with Gasteiger partial charge in [-0.3, -0.25) is 14.9 Å². The number of aliphatic hydroxyl groups is 4. The van der Waals surface area contributed by atoms with Crippen molar-refractivity contribution in [2.75, 3.05) is 44.2 Å². The lowest BCUT2D eigenvalue weighted by Gasteiger charge is -2.45. The molecule has 2 aromatic rings. The number of aliphatic hydroxyl groups excluding tert-OH is 4. The first kappa shape index (κ1) is 31.1. The van der Waals surface area contributed by atoms with Crippen LogP contribution in [-0.4, -0.2) is 82.0 Å². The number of nitro groups is 1. The van der Waals surface area contributed by atoms with Gasteiger partial charge in [0.15, 0.2) is 10.9 Å². The van der Waals surface area contributed by atoms with E-state index in [0.717, 1.165) is 0 Å². The average molecular weight is 576 g/mol. The van der Waals surface area contributed by atoms with Crippen molar-refractivity contribution in [1.82, 2.24) is 0 Å². The molecule has 3 rings (SSSR count). The molecule has 1 aliphatic heterocycles. The van der Waals surface area contributed by atoms with E-state index >= 15 is 0 Å². The molecule has 6 N–H and O–H groups in total. The molecular weight excluding hydrogens is 542 g/mol. The van der Waals surface area contributed by atoms with Gasteiger partial charge in [0.05, 0.1) is 42.6 Å². The van der Waals surface area contributed by atoms with Crippen molar-refractivity contribution >= 4 is 46.3 Å². The fourth-order valence-corrected chi connectivity index (χ4v) is 5.03. The highest BCUT2D eigenvalue weighted by Gasteiger charge is 2.44. The molecule has 12 nitrogen and oxygen atoms in total. The lowest BCUT2D eigenvalue weighted by molar-refractivity contribution is -0.384. The molecule has 0 radical (unpaired) electrons. The fraction of sp³-hybridized carbons (Fsp3) is 0.407. The van der Waals surface area contributed by atoms with E-state index in [2.05, 4.69) is 10.6 Å². The minimum Gasteiger partial charge on any atom is -0.494 e. The number of carbonyl (C=O) groups is 1. The van der Waals surface area contributed by atoms with Gasteiger partial charge >= 0.3 is 0 Å². The Bertz CT molecular complexity index is 1230. The Hall–Kier alpha value is -3.46. The molecule has 0 saturated carbocycles. The third-order valence-corrected chi connectivity index (χ3v) is 7.07. The summed E-state index contributed by atoms with van der Waals surface area (Å²) < 4.78 is 11.0. The summed E-state index contributed by atoms with van der Waals surface area (Å²) in [6, 6.07) is 11.2. The van der Waals surface area contributed by atoms with Crippen molar-refractivity contribution in [3.8, 4) is 5.75 Å². The van der Waals surface area contributed by atoms with Crippen LogP contribution in [0.4, 0.5) is 17.1 Å². The van der Waals surface area contributed by atoms with Crippen LogP contribution < -0.4 is 15.4 Å². The van der Waals surface area contributed by atoms with E-state index in [-0.39, 0.29) is 55.2 Å². The number of non-ortho nitro benzene ring substituents is 1. The summed E-state index contributed by atoms with van der Waals surface area (Å²) in [5.74, 6) is -1.67. The van der Waals surface area contributed by atoms with Crippen LogP contribution in [0, 0.1) is 27.9 Å². The molecule has 216 valence electrons. The van der Waals surface area contributed by atoms with Gasteiger partial charge in [0.25, 0.3) is 5.69 Å². The summed E-state index contributed by atoms with van der Waals surface area (Å²) in [6.45, 7) is -1.36. The van der Waals surface area contributed by atoms with Gasteiger partial charge in [0.2, 0.25) is 0 Å². The summed E-state index contributed by atoms with van der Waals surface area (Å²) in [5.41, 5.74) is 1.64. The van der Waals surface area contributed by atoms with Crippen molar-refractivity contribution < 1.29 is 39.6 Å². The number of nitro benzene ring substituents is 1. The molecule has 1 heterocycles. The van der Waals surface area contributed by atoms with E-state index < -0.39 is 34.9 Å². The standard InChI is InChI=1S/C27H33N3O9S/c1-38-25-10-18(30(36)37)6-8-23(25)29-27(40)28-17-4-2-3-16(9-17)5-7-19(35)11-24-21(13-32)20(12-31)22(14-33)26(15-34)39-24/h2-10,20-22,24,26,31-34H,11-15H2,1H3,(H2,28,29,40)/b7-5+/t20-,21-,22+,24+,26-/m1/s1. The maximum atomic E-state index is 12.8. The van der Waals surface area contributed by atoms with Gasteiger partial charge in [-0.2, -0.15) is 0 Å². The van der Waals surface area contributed by atoms with Crippen molar-refractivity contribution in [3.63, 3.8) is 0 Å². The number of anilines is 2. The van der Waals surface area contributed by atoms with Gasteiger partial charge in [-0.25, -0.2) is 0 Å². The Morgan fingerprint density at radius 3 is 2.35 bits per heavy atom. The van der Waals surface area contributed by atoms with Crippen LogP contribution >= 0.6 is 12.2 Å². The number of methoxy groups -OCH3 is 1. The molecule has 0 spiro atoms. The minimum atomic E-state index is -0.752. The lowest BCUT2D eigenvalue weighted by atomic mass is 9.73. The first-order valence-electron chi connectivity index (χ1n) is 12.5. The molecule has 40 heavy (non-hydrogen) atoms. The van der Waals surface area contributed by atoms with E-state index in [1.165, 1.54) is 31.4 Å². The Morgan fingerprint density at radius 2 is 1.73 bits per heavy atom.